The van der Waals surface area contributed by atoms with E-state index in [1.807, 2.05) is 26.8 Å². The average Bonchev–Trinajstić information content (AvgIpc) is 2.38. The number of halogens is 1. The summed E-state index contributed by atoms with van der Waals surface area (Å²) in [6.45, 7) is 6.00. The van der Waals surface area contributed by atoms with Gasteiger partial charge in [0.1, 0.15) is 0 Å². The van der Waals surface area contributed by atoms with Gasteiger partial charge in [-0.1, -0.05) is 0 Å². The van der Waals surface area contributed by atoms with Crippen LogP contribution in [0.1, 0.15) is 22.5 Å². The molecule has 0 bridgehead atoms. The molecule has 1 heterocycles. The van der Waals surface area contributed by atoms with Crippen LogP contribution in [-0.2, 0) is 0 Å². The smallest absolute Gasteiger partial charge is 0.192 e. The van der Waals surface area contributed by atoms with Gasteiger partial charge in [-0.3, -0.25) is 0 Å². The van der Waals surface area contributed by atoms with E-state index in [2.05, 4.69) is 32.0 Å². The molecule has 0 aliphatic carbocycles. The van der Waals surface area contributed by atoms with Gasteiger partial charge in [0, 0.05) is 20.8 Å². The molecule has 5 heteroatoms. The summed E-state index contributed by atoms with van der Waals surface area (Å²) < 4.78 is 0.885. The fourth-order valence-electron chi connectivity index (χ4n) is 1.54. The standard InChI is InChI=1S/C14H12BrN3S/c1-8-9(2)17-14(18-10(8)3)19-13-5-4-11(7-16)6-12(13)15/h4-6H,1-3H3. The lowest BCUT2D eigenvalue weighted by Crippen LogP contribution is -1.97. The number of hydrogen-bond donors (Lipinski definition) is 0. The van der Waals surface area contributed by atoms with Crippen LogP contribution in [0.2, 0.25) is 0 Å². The molecule has 0 N–H and O–H groups in total. The normalized spacial score (nSPS) is 10.3. The molecule has 0 saturated heterocycles. The van der Waals surface area contributed by atoms with Gasteiger partial charge in [0.05, 0.1) is 11.6 Å². The van der Waals surface area contributed by atoms with Gasteiger partial charge < -0.3 is 0 Å². The van der Waals surface area contributed by atoms with Crippen LogP contribution in [0.3, 0.4) is 0 Å². The Morgan fingerprint density at radius 3 is 2.32 bits per heavy atom. The number of aromatic nitrogens is 2. The van der Waals surface area contributed by atoms with E-state index in [1.54, 1.807) is 12.1 Å². The van der Waals surface area contributed by atoms with Crippen LogP contribution in [0.25, 0.3) is 0 Å². The highest BCUT2D eigenvalue weighted by Gasteiger charge is 2.09. The topological polar surface area (TPSA) is 49.6 Å². The molecule has 1 aromatic heterocycles. The maximum Gasteiger partial charge on any atom is 0.192 e. The summed E-state index contributed by atoms with van der Waals surface area (Å²) in [6, 6.07) is 7.61. The first kappa shape index (κ1) is 14.0. The quantitative estimate of drug-likeness (QED) is 0.773. The van der Waals surface area contributed by atoms with Gasteiger partial charge in [-0.05, 0) is 72.2 Å². The Labute approximate surface area is 125 Å². The molecular weight excluding hydrogens is 322 g/mol. The van der Waals surface area contributed by atoms with Gasteiger partial charge >= 0.3 is 0 Å². The third-order valence-corrected chi connectivity index (χ3v) is 4.73. The Kier molecular flexibility index (Phi) is 4.23. The van der Waals surface area contributed by atoms with Crippen molar-refractivity contribution in [1.29, 1.82) is 5.26 Å². The molecule has 0 unspecified atom stereocenters. The largest absolute Gasteiger partial charge is 0.227 e. The fourth-order valence-corrected chi connectivity index (χ4v) is 3.01. The molecular formula is C14H12BrN3S. The third-order valence-electron chi connectivity index (χ3n) is 2.87. The van der Waals surface area contributed by atoms with Crippen LogP contribution in [0.15, 0.2) is 32.7 Å². The Morgan fingerprint density at radius 2 is 1.79 bits per heavy atom. The summed E-state index contributed by atoms with van der Waals surface area (Å²) in [7, 11) is 0. The van der Waals surface area contributed by atoms with Crippen molar-refractivity contribution in [2.24, 2.45) is 0 Å². The maximum atomic E-state index is 8.84. The molecule has 0 aliphatic rings. The minimum absolute atomic E-state index is 0.633. The van der Waals surface area contributed by atoms with Crippen LogP contribution < -0.4 is 0 Å². The van der Waals surface area contributed by atoms with E-state index in [-0.39, 0.29) is 0 Å². The lowest BCUT2D eigenvalue weighted by atomic mass is 10.2. The second kappa shape index (κ2) is 5.72. The predicted molar refractivity (Wildman–Crippen MR) is 79.2 cm³/mol. The van der Waals surface area contributed by atoms with E-state index in [0.29, 0.717) is 5.56 Å². The van der Waals surface area contributed by atoms with E-state index in [0.717, 1.165) is 31.5 Å². The minimum atomic E-state index is 0.633. The van der Waals surface area contributed by atoms with Gasteiger partial charge in [0.2, 0.25) is 0 Å². The number of aryl methyl sites for hydroxylation is 2. The van der Waals surface area contributed by atoms with Gasteiger partial charge in [0.15, 0.2) is 5.16 Å². The van der Waals surface area contributed by atoms with Crippen molar-refractivity contribution in [3.63, 3.8) is 0 Å². The molecule has 3 nitrogen and oxygen atoms in total. The Morgan fingerprint density at radius 1 is 1.16 bits per heavy atom. The monoisotopic (exact) mass is 333 g/mol. The minimum Gasteiger partial charge on any atom is -0.227 e. The second-order valence-corrected chi connectivity index (χ2v) is 6.02. The number of hydrogen-bond acceptors (Lipinski definition) is 4. The van der Waals surface area contributed by atoms with Crippen molar-refractivity contribution in [2.75, 3.05) is 0 Å². The summed E-state index contributed by atoms with van der Waals surface area (Å²) in [5.41, 5.74) is 3.76. The summed E-state index contributed by atoms with van der Waals surface area (Å²) >= 11 is 4.96. The van der Waals surface area contributed by atoms with Crippen molar-refractivity contribution >= 4 is 27.7 Å². The molecule has 96 valence electrons. The van der Waals surface area contributed by atoms with E-state index >= 15 is 0 Å². The van der Waals surface area contributed by atoms with Crippen molar-refractivity contribution in [1.82, 2.24) is 9.97 Å². The molecule has 0 saturated carbocycles. The summed E-state index contributed by atoms with van der Waals surface area (Å²) in [6.07, 6.45) is 0. The number of benzene rings is 1. The Hall–Kier alpha value is -1.38. The SMILES string of the molecule is Cc1nc(Sc2ccc(C#N)cc2Br)nc(C)c1C. The van der Waals surface area contributed by atoms with Crippen molar-refractivity contribution in [3.8, 4) is 6.07 Å². The van der Waals surface area contributed by atoms with Crippen LogP contribution in [-0.4, -0.2) is 9.97 Å². The molecule has 0 radical (unpaired) electrons. The Balaban J connectivity index is 2.34. The highest BCUT2D eigenvalue weighted by molar-refractivity contribution is 9.10. The Bertz CT molecular complexity index is 654. The lowest BCUT2D eigenvalue weighted by molar-refractivity contribution is 0.880. The van der Waals surface area contributed by atoms with Crippen molar-refractivity contribution < 1.29 is 0 Å². The first-order valence-electron chi connectivity index (χ1n) is 5.70. The van der Waals surface area contributed by atoms with E-state index < -0.39 is 0 Å². The van der Waals surface area contributed by atoms with Gasteiger partial charge in [0.25, 0.3) is 0 Å². The summed E-state index contributed by atoms with van der Waals surface area (Å²) in [5, 5.41) is 9.57. The number of nitrogens with zero attached hydrogens (tertiary/aromatic N) is 3. The predicted octanol–water partition coefficient (Wildman–Crippen LogP) is 4.19. The summed E-state index contributed by atoms with van der Waals surface area (Å²) in [5.74, 6) is 0. The molecule has 2 rings (SSSR count). The van der Waals surface area contributed by atoms with Crippen molar-refractivity contribution in [2.45, 2.75) is 30.8 Å². The van der Waals surface area contributed by atoms with E-state index in [9.17, 15) is 0 Å². The first-order chi connectivity index (χ1) is 9.01. The first-order valence-corrected chi connectivity index (χ1v) is 7.31. The highest BCUT2D eigenvalue weighted by Crippen LogP contribution is 2.32. The lowest BCUT2D eigenvalue weighted by Gasteiger charge is -2.07. The van der Waals surface area contributed by atoms with E-state index in [4.69, 9.17) is 5.26 Å². The fraction of sp³-hybridized carbons (Fsp3) is 0.214. The zero-order valence-electron chi connectivity index (χ0n) is 10.9. The molecule has 0 spiro atoms. The molecule has 0 atom stereocenters. The molecule has 0 aliphatic heterocycles. The zero-order valence-corrected chi connectivity index (χ0v) is 13.3. The third kappa shape index (κ3) is 3.14. The number of nitriles is 1. The van der Waals surface area contributed by atoms with Gasteiger partial charge in [-0.2, -0.15) is 5.26 Å². The van der Waals surface area contributed by atoms with E-state index in [1.165, 1.54) is 11.8 Å². The molecule has 0 amide bonds. The van der Waals surface area contributed by atoms with Crippen LogP contribution >= 0.6 is 27.7 Å². The summed E-state index contributed by atoms with van der Waals surface area (Å²) in [4.78, 5) is 9.96. The molecule has 0 fully saturated rings. The zero-order chi connectivity index (χ0) is 14.0. The van der Waals surface area contributed by atoms with Crippen LogP contribution in [0.4, 0.5) is 0 Å². The maximum absolute atomic E-state index is 8.84. The van der Waals surface area contributed by atoms with Crippen LogP contribution in [0.5, 0.6) is 0 Å². The highest BCUT2D eigenvalue weighted by atomic mass is 79.9. The number of rotatable bonds is 2. The molecule has 2 aromatic rings. The molecule has 19 heavy (non-hydrogen) atoms. The van der Waals surface area contributed by atoms with Gasteiger partial charge in [-0.15, -0.1) is 0 Å². The molecule has 1 aromatic carbocycles. The van der Waals surface area contributed by atoms with Crippen molar-refractivity contribution in [3.05, 3.63) is 45.2 Å². The average molecular weight is 334 g/mol. The van der Waals surface area contributed by atoms with Gasteiger partial charge in [-0.25, -0.2) is 9.97 Å². The second-order valence-electron chi connectivity index (χ2n) is 4.16. The van der Waals surface area contributed by atoms with Crippen LogP contribution in [0, 0.1) is 32.1 Å².